The molecule has 0 N–H and O–H groups in total. The first-order chi connectivity index (χ1) is 8.49. The quantitative estimate of drug-likeness (QED) is 0.759. The van der Waals surface area contributed by atoms with E-state index in [1.54, 1.807) is 16.0 Å². The van der Waals surface area contributed by atoms with Crippen LogP contribution in [0, 0.1) is 6.92 Å². The third-order valence-corrected chi connectivity index (χ3v) is 3.93. The van der Waals surface area contributed by atoms with Crippen LogP contribution in [0.5, 0.6) is 0 Å². The Morgan fingerprint density at radius 3 is 2.44 bits per heavy atom. The van der Waals surface area contributed by atoms with Gasteiger partial charge >= 0.3 is 0 Å². The summed E-state index contributed by atoms with van der Waals surface area (Å²) >= 11 is 0. The zero-order valence-electron chi connectivity index (χ0n) is 10.7. The molecule has 5 heteroatoms. The fourth-order valence-corrected chi connectivity index (χ4v) is 3.01. The van der Waals surface area contributed by atoms with E-state index in [1.807, 2.05) is 45.3 Å². The van der Waals surface area contributed by atoms with E-state index in [0.717, 1.165) is 11.3 Å². The second kappa shape index (κ2) is 4.94. The first-order valence-electron chi connectivity index (χ1n) is 5.64. The molecule has 1 fully saturated rings. The maximum Gasteiger partial charge on any atom is 0.269 e. The maximum absolute atomic E-state index is 12.2. The Hall–Kier alpha value is -1.62. The minimum Gasteiger partial charge on any atom is -0.382 e. The molecule has 4 nitrogen and oxygen atoms in total. The molecule has 0 aromatic heterocycles. The number of nitrogens with zero attached hydrogens (tertiary/aromatic N) is 2. The normalized spacial score (nSPS) is 21.7. The Labute approximate surface area is 109 Å². The summed E-state index contributed by atoms with van der Waals surface area (Å²) in [5, 5.41) is 0. The van der Waals surface area contributed by atoms with Crippen molar-refractivity contribution in [1.29, 1.82) is 0 Å². The van der Waals surface area contributed by atoms with Crippen LogP contribution in [0.15, 0.2) is 35.4 Å². The third-order valence-electron chi connectivity index (χ3n) is 2.67. The lowest BCUT2D eigenvalue weighted by molar-refractivity contribution is -0.114. The number of carbonyl (C=O) groups excluding carboxylic acids is 1. The van der Waals surface area contributed by atoms with Gasteiger partial charge in [-0.2, -0.15) is 0 Å². The van der Waals surface area contributed by atoms with Gasteiger partial charge in [0, 0.05) is 26.0 Å². The van der Waals surface area contributed by atoms with Crippen LogP contribution < -0.4 is 4.90 Å². The second-order valence-corrected chi connectivity index (χ2v) is 5.89. The number of hydrogen-bond acceptors (Lipinski definition) is 3. The van der Waals surface area contributed by atoms with Crippen LogP contribution in [0.2, 0.25) is 0 Å². The third kappa shape index (κ3) is 2.46. The highest BCUT2D eigenvalue weighted by atomic mass is 32.2. The van der Waals surface area contributed by atoms with Gasteiger partial charge in [0.2, 0.25) is 0 Å². The molecule has 18 heavy (non-hydrogen) atoms. The van der Waals surface area contributed by atoms with Gasteiger partial charge in [-0.05, 0) is 19.1 Å². The van der Waals surface area contributed by atoms with Crippen LogP contribution in [-0.4, -0.2) is 35.0 Å². The minimum atomic E-state index is -1.25. The molecule has 0 radical (unpaired) electrons. The smallest absolute Gasteiger partial charge is 0.269 e. The van der Waals surface area contributed by atoms with E-state index in [0.29, 0.717) is 4.91 Å². The van der Waals surface area contributed by atoms with E-state index in [9.17, 15) is 9.00 Å². The topological polar surface area (TPSA) is 40.6 Å². The summed E-state index contributed by atoms with van der Waals surface area (Å²) in [6.45, 7) is 1.99. The van der Waals surface area contributed by atoms with Gasteiger partial charge in [-0.3, -0.25) is 13.9 Å². The molecule has 1 aromatic carbocycles. The highest BCUT2D eigenvalue weighted by Crippen LogP contribution is 2.25. The molecule has 1 aliphatic rings. The van der Waals surface area contributed by atoms with Crippen molar-refractivity contribution in [2.75, 3.05) is 24.9 Å². The maximum atomic E-state index is 12.2. The zero-order chi connectivity index (χ0) is 13.3. The van der Waals surface area contributed by atoms with E-state index in [1.165, 1.54) is 0 Å². The van der Waals surface area contributed by atoms with Gasteiger partial charge in [-0.15, -0.1) is 0 Å². The predicted octanol–water partition coefficient (Wildman–Crippen LogP) is 1.45. The molecule has 0 saturated carbocycles. The average molecular weight is 264 g/mol. The van der Waals surface area contributed by atoms with Crippen molar-refractivity contribution in [3.05, 3.63) is 40.9 Å². The average Bonchev–Trinajstić information content (AvgIpc) is 2.58. The largest absolute Gasteiger partial charge is 0.382 e. The van der Waals surface area contributed by atoms with Crippen molar-refractivity contribution in [2.24, 2.45) is 0 Å². The van der Waals surface area contributed by atoms with Gasteiger partial charge < -0.3 is 4.90 Å². The van der Waals surface area contributed by atoms with Crippen molar-refractivity contribution >= 4 is 22.4 Å². The Balaban J connectivity index is 2.31. The molecule has 0 spiro atoms. The van der Waals surface area contributed by atoms with Crippen LogP contribution in [0.1, 0.15) is 5.56 Å². The van der Waals surface area contributed by atoms with Crippen LogP contribution >= 0.6 is 0 Å². The van der Waals surface area contributed by atoms with Crippen molar-refractivity contribution in [3.8, 4) is 0 Å². The summed E-state index contributed by atoms with van der Waals surface area (Å²) in [5.41, 5.74) is 1.93. The molecule has 1 atom stereocenters. The van der Waals surface area contributed by atoms with Gasteiger partial charge in [-0.25, -0.2) is 0 Å². The molecule has 1 aliphatic heterocycles. The molecule has 1 amide bonds. The standard InChI is InChI=1S/C13H16N2O2S/c1-10-4-6-11(7-5-10)15-9-18(17)12(13(15)16)8-14(2)3/h4-8H,9H2,1-3H3/b12-8+. The Morgan fingerprint density at radius 2 is 1.89 bits per heavy atom. The summed E-state index contributed by atoms with van der Waals surface area (Å²) in [6.07, 6.45) is 1.63. The number of benzene rings is 1. The summed E-state index contributed by atoms with van der Waals surface area (Å²) in [6, 6.07) is 7.64. The highest BCUT2D eigenvalue weighted by molar-refractivity contribution is 7.90. The highest BCUT2D eigenvalue weighted by Gasteiger charge is 2.33. The van der Waals surface area contributed by atoms with Gasteiger partial charge in [-0.1, -0.05) is 17.7 Å². The first-order valence-corrected chi connectivity index (χ1v) is 6.96. The van der Waals surface area contributed by atoms with Crippen LogP contribution in [-0.2, 0) is 15.6 Å². The molecule has 1 aromatic rings. The first kappa shape index (κ1) is 12.8. The minimum absolute atomic E-state index is 0.175. The fraction of sp³-hybridized carbons (Fsp3) is 0.308. The summed E-state index contributed by atoms with van der Waals surface area (Å²) < 4.78 is 11.9. The monoisotopic (exact) mass is 264 g/mol. The van der Waals surface area contributed by atoms with Crippen LogP contribution in [0.25, 0.3) is 0 Å². The summed E-state index contributed by atoms with van der Waals surface area (Å²) in [4.78, 5) is 15.8. The Morgan fingerprint density at radius 1 is 1.28 bits per heavy atom. The number of rotatable bonds is 2. The van der Waals surface area contributed by atoms with E-state index in [2.05, 4.69) is 0 Å². The molecule has 1 saturated heterocycles. The lowest BCUT2D eigenvalue weighted by Gasteiger charge is -2.14. The van der Waals surface area contributed by atoms with Crippen LogP contribution in [0.3, 0.4) is 0 Å². The number of carbonyl (C=O) groups is 1. The summed E-state index contributed by atoms with van der Waals surface area (Å²) in [5.74, 6) is 0.0626. The van der Waals surface area contributed by atoms with Crippen LogP contribution in [0.4, 0.5) is 5.69 Å². The van der Waals surface area contributed by atoms with Gasteiger partial charge in [0.05, 0.1) is 10.8 Å². The van der Waals surface area contributed by atoms with Crippen molar-refractivity contribution < 1.29 is 9.00 Å². The number of amides is 1. The molecule has 2 rings (SSSR count). The van der Waals surface area contributed by atoms with Gasteiger partial charge in [0.1, 0.15) is 10.8 Å². The molecular formula is C13H16N2O2S. The lowest BCUT2D eigenvalue weighted by Crippen LogP contribution is -2.24. The molecule has 1 unspecified atom stereocenters. The number of anilines is 1. The van der Waals surface area contributed by atoms with Gasteiger partial charge in [0.25, 0.3) is 5.91 Å². The second-order valence-electron chi connectivity index (χ2n) is 4.50. The molecule has 0 aliphatic carbocycles. The van der Waals surface area contributed by atoms with E-state index in [4.69, 9.17) is 0 Å². The molecule has 0 bridgehead atoms. The number of hydrogen-bond donors (Lipinski definition) is 0. The molecule has 96 valence electrons. The molecule has 1 heterocycles. The van der Waals surface area contributed by atoms with Crippen molar-refractivity contribution in [1.82, 2.24) is 4.90 Å². The Bertz CT molecular complexity index is 520. The van der Waals surface area contributed by atoms with Gasteiger partial charge in [0.15, 0.2) is 0 Å². The van der Waals surface area contributed by atoms with E-state index >= 15 is 0 Å². The fourth-order valence-electron chi connectivity index (χ4n) is 1.74. The SMILES string of the molecule is Cc1ccc(N2CS(=O)/C(=C/N(C)C)C2=O)cc1. The van der Waals surface area contributed by atoms with E-state index in [-0.39, 0.29) is 11.8 Å². The van der Waals surface area contributed by atoms with E-state index < -0.39 is 10.8 Å². The van der Waals surface area contributed by atoms with Crippen molar-refractivity contribution in [3.63, 3.8) is 0 Å². The van der Waals surface area contributed by atoms with Crippen molar-refractivity contribution in [2.45, 2.75) is 6.92 Å². The Kier molecular flexibility index (Phi) is 3.52. The predicted molar refractivity (Wildman–Crippen MR) is 73.4 cm³/mol. The molecular weight excluding hydrogens is 248 g/mol. The number of aryl methyl sites for hydroxylation is 1. The zero-order valence-corrected chi connectivity index (χ0v) is 11.5. The lowest BCUT2D eigenvalue weighted by atomic mass is 10.2. The summed E-state index contributed by atoms with van der Waals surface area (Å²) in [7, 11) is 2.37.